The Hall–Kier alpha value is -1.35. The third-order valence-electron chi connectivity index (χ3n) is 5.70. The Morgan fingerprint density at radius 3 is 2.23 bits per heavy atom. The number of hydrogen-bond acceptors (Lipinski definition) is 1. The van der Waals surface area contributed by atoms with Crippen molar-refractivity contribution in [3.63, 3.8) is 0 Å². The molecule has 0 fully saturated rings. The maximum Gasteiger partial charge on any atom is 0.178 e. The van der Waals surface area contributed by atoms with Gasteiger partial charge in [0.1, 0.15) is 12.3 Å². The van der Waals surface area contributed by atoms with Gasteiger partial charge in [-0.25, -0.2) is 4.57 Å². The minimum absolute atomic E-state index is 0. The summed E-state index contributed by atoms with van der Waals surface area (Å²) in [6.45, 7) is 10.8. The topological polar surface area (TPSA) is 13.1 Å². The van der Waals surface area contributed by atoms with Crippen molar-refractivity contribution in [2.45, 2.75) is 98.4 Å². The van der Waals surface area contributed by atoms with Crippen LogP contribution in [0.3, 0.4) is 0 Å². The zero-order chi connectivity index (χ0) is 20.9. The standard InChI is InChI=1S/C27H42NO.BrH/c1-5-7-9-13-25-15-16-27(26(22-25)14-10-8-6-2)29-20-12-11-18-28-19-17-23(3)21-24(28)4;/h15-17,19,21-22H,5-14,18,20H2,1-4H3;1H/q+1;. The van der Waals surface area contributed by atoms with Crippen LogP contribution in [-0.2, 0) is 19.4 Å². The lowest BCUT2D eigenvalue weighted by Gasteiger charge is -2.13. The molecular weight excluding hydrogens is 434 g/mol. The van der Waals surface area contributed by atoms with E-state index >= 15 is 0 Å². The molecule has 0 atom stereocenters. The van der Waals surface area contributed by atoms with Gasteiger partial charge in [0.2, 0.25) is 0 Å². The van der Waals surface area contributed by atoms with Gasteiger partial charge >= 0.3 is 0 Å². The van der Waals surface area contributed by atoms with Gasteiger partial charge in [0.05, 0.1) is 6.61 Å². The smallest absolute Gasteiger partial charge is 0.178 e. The quantitative estimate of drug-likeness (QED) is 0.203. The number of ether oxygens (including phenoxy) is 1. The van der Waals surface area contributed by atoms with E-state index in [1.54, 1.807) is 0 Å². The summed E-state index contributed by atoms with van der Waals surface area (Å²) in [6, 6.07) is 11.3. The zero-order valence-corrected chi connectivity index (χ0v) is 21.4. The van der Waals surface area contributed by atoms with Gasteiger partial charge < -0.3 is 4.74 Å². The second kappa shape index (κ2) is 15.5. The Kier molecular flexibility index (Phi) is 13.7. The van der Waals surface area contributed by atoms with Crippen LogP contribution in [0.4, 0.5) is 0 Å². The van der Waals surface area contributed by atoms with Crippen molar-refractivity contribution in [2.24, 2.45) is 0 Å². The predicted octanol–water partition coefficient (Wildman–Crippen LogP) is 7.49. The molecule has 3 heteroatoms. The Labute approximate surface area is 195 Å². The van der Waals surface area contributed by atoms with Crippen LogP contribution in [0.25, 0.3) is 0 Å². The number of nitrogens with zero attached hydrogens (tertiary/aromatic N) is 1. The van der Waals surface area contributed by atoms with E-state index < -0.39 is 0 Å². The van der Waals surface area contributed by atoms with Crippen molar-refractivity contribution in [3.05, 3.63) is 58.9 Å². The Balaban J connectivity index is 0.00000450. The normalized spacial score (nSPS) is 10.7. The molecule has 0 saturated carbocycles. The summed E-state index contributed by atoms with van der Waals surface area (Å²) in [5.74, 6) is 1.11. The molecule has 0 N–H and O–H groups in total. The van der Waals surface area contributed by atoms with E-state index in [1.807, 2.05) is 0 Å². The second-order valence-corrected chi connectivity index (χ2v) is 8.45. The van der Waals surface area contributed by atoms with Gasteiger partial charge in [0, 0.05) is 25.5 Å². The van der Waals surface area contributed by atoms with Crippen LogP contribution in [0.2, 0.25) is 0 Å². The van der Waals surface area contributed by atoms with Gasteiger partial charge in [-0.1, -0.05) is 51.7 Å². The number of aromatic nitrogens is 1. The highest BCUT2D eigenvalue weighted by atomic mass is 79.9. The number of hydrogen-bond donors (Lipinski definition) is 0. The van der Waals surface area contributed by atoms with Crippen molar-refractivity contribution < 1.29 is 9.30 Å². The van der Waals surface area contributed by atoms with Gasteiger partial charge in [0.15, 0.2) is 11.9 Å². The van der Waals surface area contributed by atoms with Crippen LogP contribution in [0.15, 0.2) is 36.5 Å². The van der Waals surface area contributed by atoms with Crippen LogP contribution in [0, 0.1) is 13.8 Å². The van der Waals surface area contributed by atoms with Gasteiger partial charge in [-0.15, -0.1) is 17.0 Å². The number of aryl methyl sites for hydroxylation is 5. The minimum Gasteiger partial charge on any atom is -0.493 e. The Morgan fingerprint density at radius 2 is 1.53 bits per heavy atom. The first-order valence-corrected chi connectivity index (χ1v) is 11.8. The van der Waals surface area contributed by atoms with E-state index in [0.29, 0.717) is 0 Å². The number of pyridine rings is 1. The first-order valence-electron chi connectivity index (χ1n) is 11.8. The van der Waals surface area contributed by atoms with E-state index in [4.69, 9.17) is 4.74 Å². The summed E-state index contributed by atoms with van der Waals surface area (Å²) in [6.07, 6.45) is 14.5. The third-order valence-corrected chi connectivity index (χ3v) is 5.70. The lowest BCUT2D eigenvalue weighted by atomic mass is 10.00. The number of rotatable bonds is 14. The molecule has 0 spiro atoms. The van der Waals surface area contributed by atoms with Crippen LogP contribution in [-0.4, -0.2) is 6.61 Å². The van der Waals surface area contributed by atoms with Crippen molar-refractivity contribution in [1.82, 2.24) is 0 Å². The summed E-state index contributed by atoms with van der Waals surface area (Å²) in [5.41, 5.74) is 5.55. The highest BCUT2D eigenvalue weighted by Crippen LogP contribution is 2.24. The third kappa shape index (κ3) is 9.64. The molecule has 30 heavy (non-hydrogen) atoms. The van der Waals surface area contributed by atoms with Crippen molar-refractivity contribution in [1.29, 1.82) is 0 Å². The van der Waals surface area contributed by atoms with E-state index in [0.717, 1.165) is 38.2 Å². The summed E-state index contributed by atoms with van der Waals surface area (Å²) in [4.78, 5) is 0. The lowest BCUT2D eigenvalue weighted by Crippen LogP contribution is -2.36. The fourth-order valence-corrected chi connectivity index (χ4v) is 3.87. The summed E-state index contributed by atoms with van der Waals surface area (Å²) in [5, 5.41) is 0. The molecule has 0 aliphatic carbocycles. The number of unbranched alkanes of at least 4 members (excludes halogenated alkanes) is 5. The van der Waals surface area contributed by atoms with Gasteiger partial charge in [-0.2, -0.15) is 0 Å². The summed E-state index contributed by atoms with van der Waals surface area (Å²) < 4.78 is 8.57. The molecule has 1 heterocycles. The average Bonchev–Trinajstić information content (AvgIpc) is 2.71. The maximum atomic E-state index is 6.23. The molecule has 1 aromatic carbocycles. The van der Waals surface area contributed by atoms with Gasteiger partial charge in [-0.3, -0.25) is 0 Å². The van der Waals surface area contributed by atoms with Crippen molar-refractivity contribution in [3.8, 4) is 5.75 Å². The van der Waals surface area contributed by atoms with Crippen LogP contribution in [0.5, 0.6) is 5.75 Å². The maximum absolute atomic E-state index is 6.23. The minimum atomic E-state index is 0. The average molecular weight is 478 g/mol. The van der Waals surface area contributed by atoms with Gasteiger partial charge in [-0.05, 0) is 61.8 Å². The molecule has 2 rings (SSSR count). The first kappa shape index (κ1) is 26.7. The fourth-order valence-electron chi connectivity index (χ4n) is 3.87. The summed E-state index contributed by atoms with van der Waals surface area (Å²) in [7, 11) is 0. The molecule has 1 aromatic heterocycles. The van der Waals surface area contributed by atoms with Crippen LogP contribution >= 0.6 is 17.0 Å². The van der Waals surface area contributed by atoms with Crippen molar-refractivity contribution in [2.75, 3.05) is 6.61 Å². The fraction of sp³-hybridized carbons (Fsp3) is 0.593. The number of halogens is 1. The molecule has 2 aromatic rings. The summed E-state index contributed by atoms with van der Waals surface area (Å²) >= 11 is 0. The molecule has 2 nitrogen and oxygen atoms in total. The molecule has 0 unspecified atom stereocenters. The molecule has 0 amide bonds. The predicted molar refractivity (Wildman–Crippen MR) is 134 cm³/mol. The highest BCUT2D eigenvalue weighted by molar-refractivity contribution is 8.93. The number of benzene rings is 1. The highest BCUT2D eigenvalue weighted by Gasteiger charge is 2.08. The van der Waals surface area contributed by atoms with Crippen LogP contribution < -0.4 is 9.30 Å². The van der Waals surface area contributed by atoms with E-state index in [1.165, 1.54) is 67.3 Å². The molecule has 168 valence electrons. The molecule has 0 aliphatic rings. The molecule has 0 aliphatic heterocycles. The monoisotopic (exact) mass is 476 g/mol. The van der Waals surface area contributed by atoms with E-state index in [-0.39, 0.29) is 17.0 Å². The lowest BCUT2D eigenvalue weighted by molar-refractivity contribution is -0.703. The zero-order valence-electron chi connectivity index (χ0n) is 19.7. The first-order chi connectivity index (χ1) is 14.1. The van der Waals surface area contributed by atoms with E-state index in [9.17, 15) is 0 Å². The molecule has 0 bridgehead atoms. The Bertz CT molecular complexity index is 729. The van der Waals surface area contributed by atoms with Crippen LogP contribution in [0.1, 0.15) is 87.6 Å². The molecule has 0 radical (unpaired) electrons. The molecule has 0 saturated heterocycles. The van der Waals surface area contributed by atoms with Crippen molar-refractivity contribution >= 4 is 17.0 Å². The SMILES string of the molecule is Br.CCCCCc1ccc(OCCCC[n+]2ccc(C)cc2C)c(CCCCC)c1. The second-order valence-electron chi connectivity index (χ2n) is 8.45. The largest absolute Gasteiger partial charge is 0.493 e. The molecular formula is C27H43BrNO+. The Morgan fingerprint density at radius 1 is 0.800 bits per heavy atom. The van der Waals surface area contributed by atoms with Gasteiger partial charge in [0.25, 0.3) is 0 Å². The van der Waals surface area contributed by atoms with E-state index in [2.05, 4.69) is 68.8 Å².